The van der Waals surface area contributed by atoms with E-state index in [1.54, 1.807) is 33.7 Å². The molecule has 1 aromatic heterocycles. The number of nitrogens with one attached hydrogen (secondary N) is 1. The van der Waals surface area contributed by atoms with Gasteiger partial charge in [-0.1, -0.05) is 12.8 Å². The Bertz CT molecular complexity index is 921. The summed E-state index contributed by atoms with van der Waals surface area (Å²) in [6, 6.07) is 7.38. The third-order valence-electron chi connectivity index (χ3n) is 7.09. The molecule has 1 aliphatic heterocycles. The molecule has 1 saturated carbocycles. The Hall–Kier alpha value is -2.71. The van der Waals surface area contributed by atoms with Crippen molar-refractivity contribution in [2.75, 3.05) is 34.4 Å². The van der Waals surface area contributed by atoms with Crippen LogP contribution in [0.3, 0.4) is 0 Å². The van der Waals surface area contributed by atoms with Gasteiger partial charge in [0.15, 0.2) is 11.5 Å². The maximum atomic E-state index is 12.8. The zero-order valence-corrected chi connectivity index (χ0v) is 19.6. The maximum Gasteiger partial charge on any atom is 0.234 e. The van der Waals surface area contributed by atoms with E-state index < -0.39 is 5.60 Å². The number of likely N-dealkylation sites (tertiary alicyclic amines) is 1. The molecule has 4 rings (SSSR count). The van der Waals surface area contributed by atoms with Gasteiger partial charge >= 0.3 is 0 Å². The number of ether oxygens (including phenoxy) is 3. The lowest BCUT2D eigenvalue weighted by Crippen LogP contribution is -2.56. The fourth-order valence-electron chi connectivity index (χ4n) is 5.47. The van der Waals surface area contributed by atoms with Crippen molar-refractivity contribution in [2.45, 2.75) is 50.3 Å². The zero-order chi connectivity index (χ0) is 23.4. The van der Waals surface area contributed by atoms with Gasteiger partial charge in [0.1, 0.15) is 5.76 Å². The molecule has 1 aromatic carbocycles. The summed E-state index contributed by atoms with van der Waals surface area (Å²) in [6.45, 7) is 1.21. The molecule has 2 fully saturated rings. The Labute approximate surface area is 194 Å². The molecule has 2 aromatic rings. The number of methoxy groups -OCH3 is 3. The van der Waals surface area contributed by atoms with Crippen LogP contribution in [0.1, 0.15) is 49.5 Å². The van der Waals surface area contributed by atoms with Gasteiger partial charge in [0.2, 0.25) is 11.7 Å². The summed E-state index contributed by atoms with van der Waals surface area (Å²) in [5, 5.41) is 14.5. The number of nitrogens with zero attached hydrogens (tertiary/aromatic N) is 1. The minimum absolute atomic E-state index is 0.0145. The van der Waals surface area contributed by atoms with E-state index in [1.807, 2.05) is 18.2 Å². The molecule has 0 bridgehead atoms. The summed E-state index contributed by atoms with van der Waals surface area (Å²) < 4.78 is 22.0. The Morgan fingerprint density at radius 1 is 1.18 bits per heavy atom. The highest BCUT2D eigenvalue weighted by Crippen LogP contribution is 2.51. The molecule has 1 aliphatic carbocycles. The first-order valence-electron chi connectivity index (χ1n) is 11.5. The van der Waals surface area contributed by atoms with Crippen LogP contribution in [0.2, 0.25) is 0 Å². The third-order valence-corrected chi connectivity index (χ3v) is 7.09. The zero-order valence-electron chi connectivity index (χ0n) is 19.6. The Morgan fingerprint density at radius 3 is 2.58 bits per heavy atom. The van der Waals surface area contributed by atoms with E-state index in [0.29, 0.717) is 42.5 Å². The summed E-state index contributed by atoms with van der Waals surface area (Å²) in [4.78, 5) is 15.0. The number of aliphatic hydroxyl groups is 1. The van der Waals surface area contributed by atoms with Gasteiger partial charge in [-0.3, -0.25) is 9.69 Å². The second kappa shape index (κ2) is 10.1. The number of fused-ring (bicyclic) bond motifs is 1. The van der Waals surface area contributed by atoms with E-state index in [4.69, 9.17) is 18.6 Å². The van der Waals surface area contributed by atoms with Crippen molar-refractivity contribution in [1.29, 1.82) is 0 Å². The van der Waals surface area contributed by atoms with E-state index in [1.165, 1.54) is 0 Å². The van der Waals surface area contributed by atoms with Crippen LogP contribution in [0.5, 0.6) is 17.2 Å². The molecule has 0 unspecified atom stereocenters. The average molecular weight is 459 g/mol. The van der Waals surface area contributed by atoms with Crippen molar-refractivity contribution in [1.82, 2.24) is 10.2 Å². The number of hydrogen-bond acceptors (Lipinski definition) is 7. The molecule has 0 spiro atoms. The number of furan rings is 1. The highest BCUT2D eigenvalue weighted by atomic mass is 16.5. The second-order valence-corrected chi connectivity index (χ2v) is 8.94. The van der Waals surface area contributed by atoms with Crippen molar-refractivity contribution in [3.63, 3.8) is 0 Å². The van der Waals surface area contributed by atoms with Gasteiger partial charge in [-0.2, -0.15) is 0 Å². The number of carbonyl (C=O) groups is 1. The molecular weight excluding hydrogens is 424 g/mol. The second-order valence-electron chi connectivity index (χ2n) is 8.94. The summed E-state index contributed by atoms with van der Waals surface area (Å²) >= 11 is 0. The molecule has 33 heavy (non-hydrogen) atoms. The lowest BCUT2D eigenvalue weighted by Gasteiger charge is -2.52. The fraction of sp³-hybridized carbons (Fsp3) is 0.560. The van der Waals surface area contributed by atoms with Crippen LogP contribution in [0.4, 0.5) is 0 Å². The van der Waals surface area contributed by atoms with Crippen LogP contribution < -0.4 is 19.5 Å². The van der Waals surface area contributed by atoms with Crippen LogP contribution in [-0.2, 0) is 11.3 Å². The predicted octanol–water partition coefficient (Wildman–Crippen LogP) is 3.29. The van der Waals surface area contributed by atoms with Crippen LogP contribution in [0.15, 0.2) is 34.9 Å². The molecule has 2 aliphatic rings. The molecule has 180 valence electrons. The number of rotatable bonds is 8. The van der Waals surface area contributed by atoms with Crippen LogP contribution in [0.25, 0.3) is 0 Å². The minimum atomic E-state index is -0.732. The van der Waals surface area contributed by atoms with Gasteiger partial charge in [-0.05, 0) is 49.1 Å². The molecule has 0 radical (unpaired) electrons. The van der Waals surface area contributed by atoms with E-state index in [2.05, 4.69) is 10.2 Å². The summed E-state index contributed by atoms with van der Waals surface area (Å²) in [6.07, 6.45) is 6.03. The fourth-order valence-corrected chi connectivity index (χ4v) is 5.47. The molecule has 3 atom stereocenters. The van der Waals surface area contributed by atoms with Gasteiger partial charge < -0.3 is 29.1 Å². The van der Waals surface area contributed by atoms with Crippen molar-refractivity contribution in [2.24, 2.45) is 5.92 Å². The van der Waals surface area contributed by atoms with Crippen molar-refractivity contribution < 1.29 is 28.5 Å². The number of carbonyl (C=O) groups excluding carboxylic acids is 1. The molecule has 1 saturated heterocycles. The third kappa shape index (κ3) is 4.82. The molecule has 8 nitrogen and oxygen atoms in total. The highest BCUT2D eigenvalue weighted by Gasteiger charge is 2.49. The largest absolute Gasteiger partial charge is 0.493 e. The quantitative estimate of drug-likeness (QED) is 0.627. The van der Waals surface area contributed by atoms with Gasteiger partial charge in [0.25, 0.3) is 0 Å². The van der Waals surface area contributed by atoms with Crippen molar-refractivity contribution in [3.8, 4) is 17.2 Å². The molecule has 1 amide bonds. The first-order valence-corrected chi connectivity index (χ1v) is 11.5. The van der Waals surface area contributed by atoms with Gasteiger partial charge in [-0.15, -0.1) is 0 Å². The van der Waals surface area contributed by atoms with Crippen molar-refractivity contribution in [3.05, 3.63) is 41.9 Å². The van der Waals surface area contributed by atoms with Crippen LogP contribution >= 0.6 is 0 Å². The Morgan fingerprint density at radius 2 is 1.94 bits per heavy atom. The molecule has 2 heterocycles. The highest BCUT2D eigenvalue weighted by molar-refractivity contribution is 5.78. The number of piperidine rings is 1. The topological polar surface area (TPSA) is 93.4 Å². The molecule has 8 heteroatoms. The summed E-state index contributed by atoms with van der Waals surface area (Å²) in [5.74, 6) is 2.31. The molecular formula is C25H34N2O6. The van der Waals surface area contributed by atoms with Gasteiger partial charge in [-0.25, -0.2) is 0 Å². The minimum Gasteiger partial charge on any atom is -0.493 e. The number of benzene rings is 1. The standard InChI is InChI=1S/C25H34N2O6/c1-30-20-13-17(14-21(31-2)24(20)32-3)23-19-8-4-5-9-25(19,29)10-11-27(23)16-22(28)26-15-18-7-6-12-33-18/h6-7,12-14,19,23,29H,4-5,8-11,15-16H2,1-3H3,(H,26,28)/t19-,23-,25-/m1/s1. The smallest absolute Gasteiger partial charge is 0.234 e. The lowest BCUT2D eigenvalue weighted by atomic mass is 9.66. The van der Waals surface area contributed by atoms with E-state index in [-0.39, 0.29) is 24.4 Å². The molecule has 2 N–H and O–H groups in total. The number of amides is 1. The monoisotopic (exact) mass is 458 g/mol. The first-order chi connectivity index (χ1) is 16.0. The first kappa shape index (κ1) is 23.4. The SMILES string of the molecule is COc1cc([C@@H]2[C@H]3CCCC[C@@]3(O)CCN2CC(=O)NCc2ccco2)cc(OC)c1OC. The van der Waals surface area contributed by atoms with Gasteiger partial charge in [0, 0.05) is 18.5 Å². The summed E-state index contributed by atoms with van der Waals surface area (Å²) in [7, 11) is 4.77. The van der Waals surface area contributed by atoms with Gasteiger partial charge in [0.05, 0.1) is 46.3 Å². The predicted molar refractivity (Wildman–Crippen MR) is 122 cm³/mol. The Kier molecular flexibility index (Phi) is 7.14. The maximum absolute atomic E-state index is 12.8. The van der Waals surface area contributed by atoms with Crippen molar-refractivity contribution >= 4 is 5.91 Å². The van der Waals surface area contributed by atoms with E-state index >= 15 is 0 Å². The van der Waals surface area contributed by atoms with Crippen LogP contribution in [-0.4, -0.2) is 55.9 Å². The number of hydrogen-bond donors (Lipinski definition) is 2. The lowest BCUT2D eigenvalue weighted by molar-refractivity contribution is -0.138. The van der Waals surface area contributed by atoms with E-state index in [0.717, 1.165) is 31.2 Å². The average Bonchev–Trinajstić information content (AvgIpc) is 3.35. The van der Waals surface area contributed by atoms with E-state index in [9.17, 15) is 9.90 Å². The van der Waals surface area contributed by atoms with Crippen LogP contribution in [0, 0.1) is 5.92 Å². The normalized spacial score (nSPS) is 25.2. The Balaban J connectivity index is 1.64. The summed E-state index contributed by atoms with van der Waals surface area (Å²) in [5.41, 5.74) is 0.220.